The summed E-state index contributed by atoms with van der Waals surface area (Å²) in [5.41, 5.74) is 0. The predicted octanol–water partition coefficient (Wildman–Crippen LogP) is 22.8. The monoisotopic (exact) mass is 879 g/mol. The van der Waals surface area contributed by atoms with E-state index in [9.17, 15) is 0 Å². The van der Waals surface area contributed by atoms with E-state index < -0.39 is 0 Å². The van der Waals surface area contributed by atoms with Crippen molar-refractivity contribution >= 4 is 23.5 Å². The van der Waals surface area contributed by atoms with Gasteiger partial charge in [0.05, 0.1) is 0 Å². The van der Waals surface area contributed by atoms with E-state index in [0.717, 1.165) is 10.5 Å². The van der Waals surface area contributed by atoms with Crippen molar-refractivity contribution in [2.45, 2.75) is 359 Å². The van der Waals surface area contributed by atoms with Gasteiger partial charge in [-0.05, 0) is 31.3 Å². The molecule has 60 heavy (non-hydrogen) atoms. The summed E-state index contributed by atoms with van der Waals surface area (Å²) in [5, 5.41) is 1.77. The second kappa shape index (κ2) is 55.8. The molecule has 0 saturated heterocycles. The highest BCUT2D eigenvalue weighted by Crippen LogP contribution is 2.33. The highest BCUT2D eigenvalue weighted by atomic mass is 32.2. The third kappa shape index (κ3) is 49.7. The molecule has 0 spiro atoms. The maximum Gasteiger partial charge on any atom is 0.0166 e. The molecule has 0 saturated carbocycles. The Kier molecular flexibility index (Phi) is 56.5. The molecule has 0 rings (SSSR count). The van der Waals surface area contributed by atoms with Crippen LogP contribution in [0.15, 0.2) is 0 Å². The summed E-state index contributed by atoms with van der Waals surface area (Å²) in [6, 6.07) is 0. The Hall–Kier alpha value is 0.700. The standard InChI is InChI=1S/C58H118S2/c1-5-8-11-14-17-20-23-26-29-31-34-37-40-43-46-49-52-55-58(57(59-4)54-51-48-45-42-39-36-33-28-25-22-19-16-13-10-7-3)60-56-53-50-47-44-41-38-35-32-30-27-24-21-18-15-12-9-6-2/h57-58H,5-56H2,1-4H3. The zero-order chi connectivity index (χ0) is 43.3. The molecule has 0 aliphatic rings. The SMILES string of the molecule is CCCCCCCCCCCCCCCCCCCSC(CCCCCCCCCCCCCCCCCCC)C(CCCCCCCCCCCCCCCCC)SC. The zero-order valence-electron chi connectivity index (χ0n) is 42.7. The lowest BCUT2D eigenvalue weighted by molar-refractivity contribution is 0.516. The van der Waals surface area contributed by atoms with Gasteiger partial charge in [0.2, 0.25) is 0 Å². The Labute approximate surface area is 392 Å². The molecular weight excluding hydrogens is 761 g/mol. The molecule has 0 aliphatic heterocycles. The van der Waals surface area contributed by atoms with Gasteiger partial charge in [0.15, 0.2) is 0 Å². The molecule has 0 bridgehead atoms. The first-order valence-electron chi connectivity index (χ1n) is 28.9. The summed E-state index contributed by atoms with van der Waals surface area (Å²) in [6.45, 7) is 6.96. The highest BCUT2D eigenvalue weighted by molar-refractivity contribution is 8.03. The van der Waals surface area contributed by atoms with Crippen molar-refractivity contribution in [3.8, 4) is 0 Å². The topological polar surface area (TPSA) is 0 Å². The number of rotatable bonds is 55. The number of unbranched alkanes of at least 4 members (excludes halogenated alkanes) is 46. The minimum absolute atomic E-state index is 0.879. The fraction of sp³-hybridized carbons (Fsp3) is 1.00. The van der Waals surface area contributed by atoms with Gasteiger partial charge in [-0.2, -0.15) is 23.5 Å². The minimum atomic E-state index is 0.879. The van der Waals surface area contributed by atoms with Crippen molar-refractivity contribution in [2.75, 3.05) is 12.0 Å². The molecule has 0 N–H and O–H groups in total. The summed E-state index contributed by atoms with van der Waals surface area (Å²) < 4.78 is 0. The lowest BCUT2D eigenvalue weighted by Crippen LogP contribution is -2.21. The second-order valence-corrected chi connectivity index (χ2v) is 22.4. The molecule has 0 nitrogen and oxygen atoms in total. The molecule has 0 fully saturated rings. The average Bonchev–Trinajstić information content (AvgIpc) is 3.26. The molecule has 0 aromatic rings. The van der Waals surface area contributed by atoms with Crippen molar-refractivity contribution in [3.63, 3.8) is 0 Å². The molecule has 0 aromatic heterocycles. The van der Waals surface area contributed by atoms with E-state index in [1.165, 1.54) is 333 Å². The van der Waals surface area contributed by atoms with Gasteiger partial charge in [0.25, 0.3) is 0 Å². The van der Waals surface area contributed by atoms with Crippen LogP contribution in [0.2, 0.25) is 0 Å². The summed E-state index contributed by atoms with van der Waals surface area (Å²) in [6.07, 6.45) is 77.6. The fourth-order valence-corrected chi connectivity index (χ4v) is 12.4. The Balaban J connectivity index is 4.18. The van der Waals surface area contributed by atoms with E-state index in [2.05, 4.69) is 50.6 Å². The Morgan fingerprint density at radius 3 is 0.617 bits per heavy atom. The lowest BCUT2D eigenvalue weighted by atomic mass is 10.0. The van der Waals surface area contributed by atoms with Gasteiger partial charge in [-0.15, -0.1) is 0 Å². The summed E-state index contributed by atoms with van der Waals surface area (Å²) in [5.74, 6) is 1.41. The number of hydrogen-bond donors (Lipinski definition) is 0. The van der Waals surface area contributed by atoms with Crippen LogP contribution >= 0.6 is 23.5 Å². The maximum absolute atomic E-state index is 2.44. The van der Waals surface area contributed by atoms with Gasteiger partial charge in [-0.3, -0.25) is 0 Å². The van der Waals surface area contributed by atoms with E-state index >= 15 is 0 Å². The highest BCUT2D eigenvalue weighted by Gasteiger charge is 2.20. The first kappa shape index (κ1) is 60.7. The van der Waals surface area contributed by atoms with Gasteiger partial charge in [0, 0.05) is 10.5 Å². The van der Waals surface area contributed by atoms with Crippen molar-refractivity contribution in [3.05, 3.63) is 0 Å². The second-order valence-electron chi connectivity index (χ2n) is 20.0. The molecule has 0 heterocycles. The van der Waals surface area contributed by atoms with Gasteiger partial charge in [-0.25, -0.2) is 0 Å². The molecule has 0 radical (unpaired) electrons. The third-order valence-electron chi connectivity index (χ3n) is 14.0. The van der Waals surface area contributed by atoms with Gasteiger partial charge in [-0.1, -0.05) is 329 Å². The molecule has 2 atom stereocenters. The smallest absolute Gasteiger partial charge is 0.0166 e. The lowest BCUT2D eigenvalue weighted by Gasteiger charge is -2.26. The molecule has 2 unspecified atom stereocenters. The minimum Gasteiger partial charge on any atom is -0.161 e. The number of hydrogen-bond acceptors (Lipinski definition) is 2. The van der Waals surface area contributed by atoms with Gasteiger partial charge in [0.1, 0.15) is 0 Å². The fourth-order valence-electron chi connectivity index (χ4n) is 9.68. The predicted molar refractivity (Wildman–Crippen MR) is 286 cm³/mol. The summed E-state index contributed by atoms with van der Waals surface area (Å²) in [4.78, 5) is 0. The summed E-state index contributed by atoms with van der Waals surface area (Å²) in [7, 11) is 0. The first-order valence-corrected chi connectivity index (χ1v) is 31.3. The van der Waals surface area contributed by atoms with Gasteiger partial charge < -0.3 is 0 Å². The molecule has 0 amide bonds. The largest absolute Gasteiger partial charge is 0.161 e. The third-order valence-corrected chi connectivity index (χ3v) is 16.8. The maximum atomic E-state index is 2.44. The molecule has 2 heteroatoms. The Morgan fingerprint density at radius 2 is 0.400 bits per heavy atom. The Bertz CT molecular complexity index is 721. The van der Waals surface area contributed by atoms with Crippen LogP contribution in [0.5, 0.6) is 0 Å². The Morgan fingerprint density at radius 1 is 0.217 bits per heavy atom. The van der Waals surface area contributed by atoms with Crippen LogP contribution in [-0.4, -0.2) is 22.5 Å². The van der Waals surface area contributed by atoms with Crippen LogP contribution in [-0.2, 0) is 0 Å². The van der Waals surface area contributed by atoms with Crippen LogP contribution in [0.4, 0.5) is 0 Å². The van der Waals surface area contributed by atoms with E-state index in [1.807, 2.05) is 0 Å². The van der Waals surface area contributed by atoms with Crippen LogP contribution in [0.25, 0.3) is 0 Å². The van der Waals surface area contributed by atoms with E-state index in [0.29, 0.717) is 0 Å². The molecule has 0 aromatic carbocycles. The van der Waals surface area contributed by atoms with Crippen LogP contribution < -0.4 is 0 Å². The quantitative estimate of drug-likeness (QED) is 0.0558. The average molecular weight is 880 g/mol. The van der Waals surface area contributed by atoms with Crippen molar-refractivity contribution in [1.29, 1.82) is 0 Å². The molecular formula is C58H118S2. The molecule has 0 aliphatic carbocycles. The normalized spacial score (nSPS) is 12.8. The zero-order valence-corrected chi connectivity index (χ0v) is 44.4. The van der Waals surface area contributed by atoms with E-state index in [4.69, 9.17) is 0 Å². The van der Waals surface area contributed by atoms with Crippen LogP contribution in [0, 0.1) is 0 Å². The first-order chi connectivity index (χ1) is 29.8. The van der Waals surface area contributed by atoms with Crippen LogP contribution in [0.3, 0.4) is 0 Å². The van der Waals surface area contributed by atoms with E-state index in [-0.39, 0.29) is 0 Å². The van der Waals surface area contributed by atoms with Crippen LogP contribution in [0.1, 0.15) is 348 Å². The van der Waals surface area contributed by atoms with Crippen molar-refractivity contribution in [2.24, 2.45) is 0 Å². The van der Waals surface area contributed by atoms with Crippen molar-refractivity contribution < 1.29 is 0 Å². The van der Waals surface area contributed by atoms with Gasteiger partial charge >= 0.3 is 0 Å². The number of thioether (sulfide) groups is 2. The van der Waals surface area contributed by atoms with E-state index in [1.54, 1.807) is 0 Å². The molecule has 362 valence electrons. The van der Waals surface area contributed by atoms with Crippen molar-refractivity contribution in [1.82, 2.24) is 0 Å². The summed E-state index contributed by atoms with van der Waals surface area (Å²) >= 11 is 4.62.